The molecule has 35 heavy (non-hydrogen) atoms. The monoisotopic (exact) mass is 479 g/mol. The van der Waals surface area contributed by atoms with Crippen molar-refractivity contribution in [3.8, 4) is 5.75 Å². The quantitative estimate of drug-likeness (QED) is 0.522. The van der Waals surface area contributed by atoms with E-state index in [9.17, 15) is 18.8 Å². The third-order valence-electron chi connectivity index (χ3n) is 6.58. The van der Waals surface area contributed by atoms with E-state index in [1.807, 2.05) is 0 Å². The van der Waals surface area contributed by atoms with Crippen LogP contribution in [0, 0.1) is 5.82 Å². The molecule has 3 aliphatic rings. The third kappa shape index (κ3) is 3.77. The second kappa shape index (κ2) is 8.35. The number of ether oxygens (including phenoxy) is 2. The maximum atomic E-state index is 14.6. The van der Waals surface area contributed by atoms with Crippen LogP contribution in [-0.4, -0.2) is 47.4 Å². The van der Waals surface area contributed by atoms with E-state index in [1.165, 1.54) is 17.2 Å². The summed E-state index contributed by atoms with van der Waals surface area (Å²) in [6.07, 6.45) is 1.83. The fraction of sp³-hybridized carbons (Fsp3) is 0.333. The number of rotatable bonds is 6. The molecule has 11 heteroatoms. The lowest BCUT2D eigenvalue weighted by atomic mass is 10.1. The van der Waals surface area contributed by atoms with Gasteiger partial charge in [0.1, 0.15) is 17.7 Å². The molecule has 4 heterocycles. The van der Waals surface area contributed by atoms with Crippen molar-refractivity contribution in [1.29, 1.82) is 0 Å². The van der Waals surface area contributed by atoms with Gasteiger partial charge in [-0.2, -0.15) is 0 Å². The second-order valence-electron chi connectivity index (χ2n) is 8.82. The molecule has 6 rings (SSSR count). The van der Waals surface area contributed by atoms with Crippen LogP contribution in [0.1, 0.15) is 24.4 Å². The number of hydrogen-bond acceptors (Lipinski definition) is 7. The number of nitrogens with zero attached hydrogens (tertiary/aromatic N) is 3. The summed E-state index contributed by atoms with van der Waals surface area (Å²) in [7, 11) is 0. The lowest BCUT2D eigenvalue weighted by molar-refractivity contribution is -0.118. The highest BCUT2D eigenvalue weighted by molar-refractivity contribution is 5.97. The average Bonchev–Trinajstić information content (AvgIpc) is 3.42. The largest absolute Gasteiger partial charge is 0.482 e. The summed E-state index contributed by atoms with van der Waals surface area (Å²) in [6, 6.07) is 7.80. The molecule has 10 nitrogen and oxygen atoms in total. The van der Waals surface area contributed by atoms with E-state index in [-0.39, 0.29) is 36.0 Å². The number of amides is 2. The molecule has 0 bridgehead atoms. The van der Waals surface area contributed by atoms with Crippen LogP contribution in [0.25, 0.3) is 11.0 Å². The van der Waals surface area contributed by atoms with Gasteiger partial charge >= 0.3 is 6.09 Å². The van der Waals surface area contributed by atoms with Crippen molar-refractivity contribution < 1.29 is 23.5 Å². The minimum atomic E-state index is -0.446. The maximum absolute atomic E-state index is 14.6. The number of anilines is 2. The summed E-state index contributed by atoms with van der Waals surface area (Å²) in [5, 5.41) is 6.07. The summed E-state index contributed by atoms with van der Waals surface area (Å²) < 4.78 is 27.0. The molecule has 2 atom stereocenters. The molecule has 2 amide bonds. The van der Waals surface area contributed by atoms with Crippen LogP contribution in [0.5, 0.6) is 5.75 Å². The van der Waals surface area contributed by atoms with E-state index in [4.69, 9.17) is 9.47 Å². The zero-order valence-corrected chi connectivity index (χ0v) is 18.6. The molecule has 1 fully saturated rings. The smallest absolute Gasteiger partial charge is 0.414 e. The molecule has 1 aromatic heterocycles. The van der Waals surface area contributed by atoms with Gasteiger partial charge in [-0.1, -0.05) is 0 Å². The summed E-state index contributed by atoms with van der Waals surface area (Å²) in [6.45, 7) is 1.26. The van der Waals surface area contributed by atoms with E-state index in [2.05, 4.69) is 15.6 Å². The highest BCUT2D eigenvalue weighted by atomic mass is 19.1. The Morgan fingerprint density at radius 3 is 2.94 bits per heavy atom. The Labute approximate surface area is 198 Å². The molecule has 0 aliphatic carbocycles. The van der Waals surface area contributed by atoms with E-state index in [0.29, 0.717) is 66.2 Å². The molecule has 0 radical (unpaired) electrons. The molecule has 0 saturated carbocycles. The Kier molecular flexibility index (Phi) is 5.14. The third-order valence-corrected chi connectivity index (χ3v) is 6.58. The topological polar surface area (TPSA) is 115 Å². The molecular formula is C24H22FN5O5. The van der Waals surface area contributed by atoms with Crippen molar-refractivity contribution in [2.45, 2.75) is 31.5 Å². The van der Waals surface area contributed by atoms with Gasteiger partial charge in [0, 0.05) is 17.8 Å². The van der Waals surface area contributed by atoms with Crippen molar-refractivity contribution >= 4 is 34.4 Å². The van der Waals surface area contributed by atoms with Crippen LogP contribution in [0.3, 0.4) is 0 Å². The summed E-state index contributed by atoms with van der Waals surface area (Å²) in [4.78, 5) is 41.9. The zero-order valence-electron chi connectivity index (χ0n) is 18.6. The van der Waals surface area contributed by atoms with Crippen molar-refractivity contribution in [1.82, 2.24) is 14.9 Å². The fourth-order valence-corrected chi connectivity index (χ4v) is 4.95. The Hall–Kier alpha value is -3.99. The van der Waals surface area contributed by atoms with Gasteiger partial charge in [-0.05, 0) is 49.7 Å². The van der Waals surface area contributed by atoms with Crippen molar-refractivity contribution in [3.63, 3.8) is 0 Å². The van der Waals surface area contributed by atoms with Gasteiger partial charge < -0.3 is 24.7 Å². The van der Waals surface area contributed by atoms with Crippen LogP contribution >= 0.6 is 0 Å². The number of carbonyl (C=O) groups is 2. The van der Waals surface area contributed by atoms with Gasteiger partial charge in [-0.25, -0.2) is 14.2 Å². The molecule has 1 saturated heterocycles. The minimum Gasteiger partial charge on any atom is -0.482 e. The lowest BCUT2D eigenvalue weighted by Crippen LogP contribution is -2.28. The molecule has 180 valence electrons. The van der Waals surface area contributed by atoms with Crippen molar-refractivity contribution in [2.24, 2.45) is 0 Å². The standard InChI is InChI=1S/C24H22FN5O5/c25-15-4-5-16-23-22(15)18(11-30(23)21(32)9-27-16)26-7-1-2-14-10-29(24(33)35-14)13-3-6-19-17(8-13)28-20(31)12-34-19/h3-6,8-9,14,18,26H,1-2,7,10-12H2,(H,28,31)/t14-,18+/m0/s1. The summed E-state index contributed by atoms with van der Waals surface area (Å²) in [5.74, 6) is -0.0462. The average molecular weight is 479 g/mol. The van der Waals surface area contributed by atoms with Crippen LogP contribution in [-0.2, 0) is 16.1 Å². The van der Waals surface area contributed by atoms with Gasteiger partial charge in [0.05, 0.1) is 35.5 Å². The van der Waals surface area contributed by atoms with Gasteiger partial charge in [0.25, 0.3) is 11.5 Å². The molecule has 2 N–H and O–H groups in total. The minimum absolute atomic E-state index is 0.0312. The van der Waals surface area contributed by atoms with Gasteiger partial charge in [0.15, 0.2) is 6.61 Å². The second-order valence-corrected chi connectivity index (χ2v) is 8.82. The number of halogens is 1. The number of nitrogens with one attached hydrogen (secondary N) is 2. The van der Waals surface area contributed by atoms with Gasteiger partial charge in [-0.3, -0.25) is 14.5 Å². The number of carbonyl (C=O) groups excluding carboxylic acids is 2. The van der Waals surface area contributed by atoms with E-state index >= 15 is 0 Å². The first-order chi connectivity index (χ1) is 17.0. The van der Waals surface area contributed by atoms with Crippen molar-refractivity contribution in [2.75, 3.05) is 29.9 Å². The number of benzene rings is 2. The fourth-order valence-electron chi connectivity index (χ4n) is 4.95. The predicted octanol–water partition coefficient (Wildman–Crippen LogP) is 2.32. The normalized spacial score (nSPS) is 20.5. The number of fused-ring (bicyclic) bond motifs is 1. The van der Waals surface area contributed by atoms with Crippen LogP contribution < -0.4 is 25.8 Å². The molecule has 2 aromatic carbocycles. The number of aromatic nitrogens is 2. The highest BCUT2D eigenvalue weighted by Crippen LogP contribution is 2.34. The Bertz CT molecular complexity index is 1420. The Balaban J connectivity index is 1.06. The Morgan fingerprint density at radius 2 is 2.06 bits per heavy atom. The molecular weight excluding hydrogens is 457 g/mol. The van der Waals surface area contributed by atoms with E-state index in [0.717, 1.165) is 0 Å². The SMILES string of the molecule is O=C1COc2ccc(N3C[C@H](CCCN[C@@H]4Cn5c(=O)cnc6ccc(F)c4c65)OC3=O)cc2N1. The lowest BCUT2D eigenvalue weighted by Gasteiger charge is -2.20. The maximum Gasteiger partial charge on any atom is 0.414 e. The van der Waals surface area contributed by atoms with Crippen LogP contribution in [0.4, 0.5) is 20.6 Å². The zero-order chi connectivity index (χ0) is 24.1. The molecule has 3 aromatic rings. The van der Waals surface area contributed by atoms with Crippen molar-refractivity contribution in [3.05, 3.63) is 58.3 Å². The van der Waals surface area contributed by atoms with Crippen LogP contribution in [0.2, 0.25) is 0 Å². The number of cyclic esters (lactones) is 1. The van der Waals surface area contributed by atoms with E-state index in [1.54, 1.807) is 28.8 Å². The van der Waals surface area contributed by atoms with Crippen LogP contribution in [0.15, 0.2) is 41.3 Å². The molecule has 0 spiro atoms. The molecule has 3 aliphatic heterocycles. The highest BCUT2D eigenvalue weighted by Gasteiger charge is 2.33. The van der Waals surface area contributed by atoms with Gasteiger partial charge in [-0.15, -0.1) is 0 Å². The first-order valence-electron chi connectivity index (χ1n) is 11.4. The van der Waals surface area contributed by atoms with E-state index < -0.39 is 6.09 Å². The van der Waals surface area contributed by atoms with Gasteiger partial charge in [0.2, 0.25) is 0 Å². The first kappa shape index (κ1) is 21.5. The Morgan fingerprint density at radius 1 is 1.17 bits per heavy atom. The first-order valence-corrected chi connectivity index (χ1v) is 11.4. The summed E-state index contributed by atoms with van der Waals surface area (Å²) >= 11 is 0. The molecule has 0 unspecified atom stereocenters. The number of hydrogen-bond donors (Lipinski definition) is 2. The predicted molar refractivity (Wildman–Crippen MR) is 124 cm³/mol. The summed E-state index contributed by atoms with van der Waals surface area (Å²) in [5.41, 5.74) is 2.49.